The molecule has 24 heavy (non-hydrogen) atoms. The Labute approximate surface area is 139 Å². The molecular weight excluding hydrogens is 308 g/mol. The first-order valence-electron chi connectivity index (χ1n) is 7.99. The number of H-pyrrole nitrogens is 1. The van der Waals surface area contributed by atoms with Crippen molar-refractivity contribution in [1.29, 1.82) is 0 Å². The van der Waals surface area contributed by atoms with Crippen molar-refractivity contribution in [2.75, 3.05) is 26.2 Å². The lowest BCUT2D eigenvalue weighted by atomic mass is 10.1. The summed E-state index contributed by atoms with van der Waals surface area (Å²) in [5.41, 5.74) is 0.300. The Morgan fingerprint density at radius 2 is 1.88 bits per heavy atom. The van der Waals surface area contributed by atoms with E-state index in [1.165, 1.54) is 6.20 Å². The average molecular weight is 330 g/mol. The van der Waals surface area contributed by atoms with Crippen LogP contribution in [0.1, 0.15) is 23.7 Å². The quantitative estimate of drug-likeness (QED) is 0.525. The number of hydrogen-bond acceptors (Lipinski definition) is 4. The van der Waals surface area contributed by atoms with E-state index in [1.54, 1.807) is 24.3 Å². The van der Waals surface area contributed by atoms with E-state index >= 15 is 0 Å². The Bertz CT molecular complexity index is 770. The molecule has 0 spiro atoms. The molecule has 0 saturated heterocycles. The molecule has 1 heterocycles. The highest BCUT2D eigenvalue weighted by Gasteiger charge is 2.13. The first kappa shape index (κ1) is 17.7. The van der Waals surface area contributed by atoms with Gasteiger partial charge in [0.25, 0.3) is 5.91 Å². The number of hydrogen-bond donors (Lipinski definition) is 4. The fourth-order valence-electron chi connectivity index (χ4n) is 2.25. The van der Waals surface area contributed by atoms with Crippen LogP contribution in [0.2, 0.25) is 0 Å². The lowest BCUT2D eigenvalue weighted by Crippen LogP contribution is -2.40. The van der Waals surface area contributed by atoms with Crippen molar-refractivity contribution in [3.8, 4) is 0 Å². The SMILES string of the molecule is CCCNCCNC(=O)CNC(=O)c1c[nH]c2ccccc2c1=O. The van der Waals surface area contributed by atoms with Crippen LogP contribution >= 0.6 is 0 Å². The summed E-state index contributed by atoms with van der Waals surface area (Å²) in [4.78, 5) is 39.0. The summed E-state index contributed by atoms with van der Waals surface area (Å²) in [5, 5.41) is 8.75. The molecule has 0 fully saturated rings. The lowest BCUT2D eigenvalue weighted by molar-refractivity contribution is -0.120. The Balaban J connectivity index is 1.88. The first-order valence-corrected chi connectivity index (χ1v) is 7.99. The molecule has 7 heteroatoms. The normalized spacial score (nSPS) is 10.5. The summed E-state index contributed by atoms with van der Waals surface area (Å²) in [6.07, 6.45) is 2.40. The summed E-state index contributed by atoms with van der Waals surface area (Å²) in [5.74, 6) is -0.861. The van der Waals surface area contributed by atoms with Gasteiger partial charge < -0.3 is 20.9 Å². The van der Waals surface area contributed by atoms with Crippen LogP contribution in [0.3, 0.4) is 0 Å². The molecule has 1 aromatic heterocycles. The van der Waals surface area contributed by atoms with Crippen molar-refractivity contribution < 1.29 is 9.59 Å². The molecule has 2 rings (SSSR count). The predicted molar refractivity (Wildman–Crippen MR) is 93.1 cm³/mol. The molecule has 0 unspecified atom stereocenters. The van der Waals surface area contributed by atoms with Crippen molar-refractivity contribution >= 4 is 22.7 Å². The van der Waals surface area contributed by atoms with Gasteiger partial charge in [0.1, 0.15) is 5.56 Å². The maximum atomic E-state index is 12.3. The van der Waals surface area contributed by atoms with E-state index in [9.17, 15) is 14.4 Å². The first-order chi connectivity index (χ1) is 11.6. The number of amides is 2. The van der Waals surface area contributed by atoms with Gasteiger partial charge in [-0.05, 0) is 25.1 Å². The standard InChI is InChI=1S/C17H22N4O3/c1-2-7-18-8-9-19-15(22)11-21-17(24)13-10-20-14-6-4-3-5-12(14)16(13)23/h3-6,10,18H,2,7-9,11H2,1H3,(H,19,22)(H,20,23)(H,21,24). The maximum Gasteiger partial charge on any atom is 0.257 e. The number of pyridine rings is 1. The van der Waals surface area contributed by atoms with E-state index < -0.39 is 5.91 Å². The zero-order valence-electron chi connectivity index (χ0n) is 13.6. The number of para-hydroxylation sites is 1. The van der Waals surface area contributed by atoms with Crippen LogP contribution in [0.5, 0.6) is 0 Å². The van der Waals surface area contributed by atoms with E-state index in [-0.39, 0.29) is 23.4 Å². The minimum Gasteiger partial charge on any atom is -0.360 e. The predicted octanol–water partition coefficient (Wildman–Crippen LogP) is 0.374. The molecule has 0 saturated carbocycles. The highest BCUT2D eigenvalue weighted by atomic mass is 16.2. The van der Waals surface area contributed by atoms with Crippen molar-refractivity contribution in [3.05, 3.63) is 46.2 Å². The zero-order chi connectivity index (χ0) is 17.4. The minimum atomic E-state index is -0.568. The zero-order valence-corrected chi connectivity index (χ0v) is 13.6. The average Bonchev–Trinajstić information content (AvgIpc) is 2.60. The van der Waals surface area contributed by atoms with Crippen molar-refractivity contribution in [3.63, 3.8) is 0 Å². The number of carbonyl (C=O) groups excluding carboxylic acids is 2. The second kappa shape index (κ2) is 8.83. The molecule has 2 aromatic rings. The molecule has 0 atom stereocenters. The number of aromatic nitrogens is 1. The second-order valence-electron chi connectivity index (χ2n) is 5.36. The van der Waals surface area contributed by atoms with E-state index in [1.807, 2.05) is 0 Å². The van der Waals surface area contributed by atoms with E-state index in [0.29, 0.717) is 24.0 Å². The molecular formula is C17H22N4O3. The van der Waals surface area contributed by atoms with Gasteiger partial charge in [-0.1, -0.05) is 19.1 Å². The van der Waals surface area contributed by atoms with Gasteiger partial charge in [0, 0.05) is 30.2 Å². The summed E-state index contributed by atoms with van der Waals surface area (Å²) in [6, 6.07) is 6.95. The van der Waals surface area contributed by atoms with Gasteiger partial charge in [0.05, 0.1) is 6.54 Å². The minimum absolute atomic E-state index is 0.00823. The fourth-order valence-corrected chi connectivity index (χ4v) is 2.25. The molecule has 0 aliphatic carbocycles. The number of nitrogens with one attached hydrogen (secondary N) is 4. The molecule has 0 aliphatic rings. The summed E-state index contributed by atoms with van der Waals surface area (Å²) >= 11 is 0. The molecule has 0 bridgehead atoms. The number of benzene rings is 1. The van der Waals surface area contributed by atoms with Gasteiger partial charge in [0.15, 0.2) is 0 Å². The Morgan fingerprint density at radius 3 is 2.67 bits per heavy atom. The van der Waals surface area contributed by atoms with Crippen LogP contribution < -0.4 is 21.4 Å². The van der Waals surface area contributed by atoms with Gasteiger partial charge in [-0.25, -0.2) is 0 Å². The monoisotopic (exact) mass is 330 g/mol. The lowest BCUT2D eigenvalue weighted by Gasteiger charge is -2.08. The van der Waals surface area contributed by atoms with Gasteiger partial charge in [-0.3, -0.25) is 14.4 Å². The molecule has 128 valence electrons. The third-order valence-corrected chi connectivity index (χ3v) is 3.49. The molecule has 0 aliphatic heterocycles. The summed E-state index contributed by atoms with van der Waals surface area (Å²) in [7, 11) is 0. The molecule has 7 nitrogen and oxygen atoms in total. The van der Waals surface area contributed by atoms with Gasteiger partial charge in [0.2, 0.25) is 11.3 Å². The molecule has 2 amide bonds. The Hall–Kier alpha value is -2.67. The van der Waals surface area contributed by atoms with E-state index in [4.69, 9.17) is 0 Å². The largest absolute Gasteiger partial charge is 0.360 e. The van der Waals surface area contributed by atoms with Crippen LogP contribution in [0.15, 0.2) is 35.3 Å². The summed E-state index contributed by atoms with van der Waals surface area (Å²) < 4.78 is 0. The number of carbonyl (C=O) groups is 2. The second-order valence-corrected chi connectivity index (χ2v) is 5.36. The van der Waals surface area contributed by atoms with Gasteiger partial charge in [-0.15, -0.1) is 0 Å². The van der Waals surface area contributed by atoms with Crippen molar-refractivity contribution in [2.45, 2.75) is 13.3 Å². The van der Waals surface area contributed by atoms with Crippen LogP contribution in [0.4, 0.5) is 0 Å². The molecule has 1 aromatic carbocycles. The maximum absolute atomic E-state index is 12.3. The van der Waals surface area contributed by atoms with E-state index in [2.05, 4.69) is 27.9 Å². The Kier molecular flexibility index (Phi) is 6.51. The highest BCUT2D eigenvalue weighted by molar-refractivity contribution is 5.98. The topological polar surface area (TPSA) is 103 Å². The number of fused-ring (bicyclic) bond motifs is 1. The highest BCUT2D eigenvalue weighted by Crippen LogP contribution is 2.06. The number of aromatic amines is 1. The fraction of sp³-hybridized carbons (Fsp3) is 0.353. The summed E-state index contributed by atoms with van der Waals surface area (Å²) in [6.45, 7) is 3.97. The van der Waals surface area contributed by atoms with Crippen LogP contribution in [-0.2, 0) is 4.79 Å². The Morgan fingerprint density at radius 1 is 1.08 bits per heavy atom. The van der Waals surface area contributed by atoms with Crippen molar-refractivity contribution in [1.82, 2.24) is 20.9 Å². The molecule has 4 N–H and O–H groups in total. The van der Waals surface area contributed by atoms with Crippen LogP contribution in [0, 0.1) is 0 Å². The van der Waals surface area contributed by atoms with Crippen LogP contribution in [-0.4, -0.2) is 43.0 Å². The third-order valence-electron chi connectivity index (χ3n) is 3.49. The van der Waals surface area contributed by atoms with Gasteiger partial charge >= 0.3 is 0 Å². The van der Waals surface area contributed by atoms with Gasteiger partial charge in [-0.2, -0.15) is 0 Å². The molecule has 0 radical (unpaired) electrons. The van der Waals surface area contributed by atoms with E-state index in [0.717, 1.165) is 13.0 Å². The van der Waals surface area contributed by atoms with Crippen LogP contribution in [0.25, 0.3) is 10.9 Å². The van der Waals surface area contributed by atoms with Crippen molar-refractivity contribution in [2.24, 2.45) is 0 Å². The number of rotatable bonds is 8. The smallest absolute Gasteiger partial charge is 0.257 e. The third kappa shape index (κ3) is 4.66.